The first-order valence-electron chi connectivity index (χ1n) is 5.79. The van der Waals surface area contributed by atoms with Gasteiger partial charge in [-0.15, -0.1) is 12.4 Å². The molecule has 0 unspecified atom stereocenters. The van der Waals surface area contributed by atoms with Crippen LogP contribution in [0.15, 0.2) is 29.0 Å². The predicted octanol–water partition coefficient (Wildman–Crippen LogP) is 3.24. The number of methoxy groups -OCH3 is 3. The number of thiophene rings is 1. The SMILES string of the molecule is COc1ccc([C@H](N)c2ccsc2)c(OC)c1OC.Cl. The van der Waals surface area contributed by atoms with E-state index >= 15 is 0 Å². The largest absolute Gasteiger partial charge is 0.493 e. The summed E-state index contributed by atoms with van der Waals surface area (Å²) in [7, 11) is 4.77. The molecule has 0 amide bonds. The topological polar surface area (TPSA) is 53.7 Å². The third-order valence-electron chi connectivity index (χ3n) is 2.97. The molecule has 2 rings (SSSR count). The van der Waals surface area contributed by atoms with Crippen molar-refractivity contribution in [1.29, 1.82) is 0 Å². The summed E-state index contributed by atoms with van der Waals surface area (Å²) in [5, 5.41) is 4.03. The van der Waals surface area contributed by atoms with E-state index in [1.807, 2.05) is 29.0 Å². The quantitative estimate of drug-likeness (QED) is 0.920. The second-order valence-corrected chi connectivity index (χ2v) is 4.74. The molecule has 1 aromatic heterocycles. The number of hydrogen-bond donors (Lipinski definition) is 1. The number of benzene rings is 1. The van der Waals surface area contributed by atoms with Gasteiger partial charge < -0.3 is 19.9 Å². The van der Waals surface area contributed by atoms with Crippen molar-refractivity contribution in [1.82, 2.24) is 0 Å². The average Bonchev–Trinajstić information content (AvgIpc) is 2.98. The highest BCUT2D eigenvalue weighted by Gasteiger charge is 2.21. The molecule has 0 spiro atoms. The van der Waals surface area contributed by atoms with E-state index in [4.69, 9.17) is 19.9 Å². The van der Waals surface area contributed by atoms with Gasteiger partial charge in [0.25, 0.3) is 0 Å². The van der Waals surface area contributed by atoms with Crippen molar-refractivity contribution in [2.75, 3.05) is 21.3 Å². The summed E-state index contributed by atoms with van der Waals surface area (Å²) in [6.07, 6.45) is 0. The van der Waals surface area contributed by atoms with Gasteiger partial charge in [-0.1, -0.05) is 0 Å². The first-order valence-corrected chi connectivity index (χ1v) is 6.73. The van der Waals surface area contributed by atoms with Gasteiger partial charge in [0.2, 0.25) is 5.75 Å². The molecule has 1 aromatic carbocycles. The number of nitrogens with two attached hydrogens (primary N) is 1. The monoisotopic (exact) mass is 315 g/mol. The molecule has 0 radical (unpaired) electrons. The van der Waals surface area contributed by atoms with Crippen LogP contribution in [0.5, 0.6) is 17.2 Å². The molecular formula is C14H18ClNO3S. The van der Waals surface area contributed by atoms with Gasteiger partial charge in [0.1, 0.15) is 0 Å². The van der Waals surface area contributed by atoms with Crippen LogP contribution >= 0.6 is 23.7 Å². The molecule has 0 aliphatic heterocycles. The molecule has 6 heteroatoms. The van der Waals surface area contributed by atoms with Crippen LogP contribution in [0, 0.1) is 0 Å². The normalized spacial score (nSPS) is 11.4. The van der Waals surface area contributed by atoms with Crippen molar-refractivity contribution in [3.05, 3.63) is 40.1 Å². The molecular weight excluding hydrogens is 298 g/mol. The summed E-state index contributed by atoms with van der Waals surface area (Å²) in [5.74, 6) is 1.80. The van der Waals surface area contributed by atoms with Gasteiger partial charge in [-0.25, -0.2) is 0 Å². The summed E-state index contributed by atoms with van der Waals surface area (Å²) >= 11 is 1.62. The summed E-state index contributed by atoms with van der Waals surface area (Å²) < 4.78 is 16.1. The Morgan fingerprint density at radius 3 is 2.20 bits per heavy atom. The van der Waals surface area contributed by atoms with Crippen molar-refractivity contribution >= 4 is 23.7 Å². The van der Waals surface area contributed by atoms with Gasteiger partial charge >= 0.3 is 0 Å². The van der Waals surface area contributed by atoms with E-state index in [1.54, 1.807) is 32.7 Å². The van der Waals surface area contributed by atoms with Crippen LogP contribution in [-0.2, 0) is 0 Å². The third-order valence-corrected chi connectivity index (χ3v) is 3.67. The molecule has 1 heterocycles. The lowest BCUT2D eigenvalue weighted by atomic mass is 10.0. The minimum absolute atomic E-state index is 0. The third kappa shape index (κ3) is 3.00. The van der Waals surface area contributed by atoms with Crippen LogP contribution in [0.3, 0.4) is 0 Å². The maximum Gasteiger partial charge on any atom is 0.203 e. The fourth-order valence-electron chi connectivity index (χ4n) is 2.00. The Morgan fingerprint density at radius 2 is 1.70 bits per heavy atom. The maximum atomic E-state index is 6.28. The van der Waals surface area contributed by atoms with Gasteiger partial charge in [0.05, 0.1) is 27.4 Å². The summed E-state index contributed by atoms with van der Waals surface area (Å²) in [6.45, 7) is 0. The van der Waals surface area contributed by atoms with Gasteiger partial charge in [0.15, 0.2) is 11.5 Å². The zero-order chi connectivity index (χ0) is 13.8. The molecule has 2 N–H and O–H groups in total. The Balaban J connectivity index is 0.00000200. The molecule has 0 aliphatic carbocycles. The van der Waals surface area contributed by atoms with Crippen LogP contribution in [0.2, 0.25) is 0 Å². The summed E-state index contributed by atoms with van der Waals surface area (Å²) in [5.41, 5.74) is 8.21. The first kappa shape index (κ1) is 16.6. The lowest BCUT2D eigenvalue weighted by molar-refractivity contribution is 0.321. The van der Waals surface area contributed by atoms with Crippen molar-refractivity contribution in [2.45, 2.75) is 6.04 Å². The smallest absolute Gasteiger partial charge is 0.203 e. The van der Waals surface area contributed by atoms with Crippen LogP contribution in [-0.4, -0.2) is 21.3 Å². The van der Waals surface area contributed by atoms with Gasteiger partial charge in [-0.2, -0.15) is 11.3 Å². The molecule has 0 fully saturated rings. The lowest BCUT2D eigenvalue weighted by Crippen LogP contribution is -2.13. The average molecular weight is 316 g/mol. The fraction of sp³-hybridized carbons (Fsp3) is 0.286. The molecule has 4 nitrogen and oxygen atoms in total. The van der Waals surface area contributed by atoms with Crippen molar-refractivity contribution < 1.29 is 14.2 Å². The second kappa shape index (κ2) is 7.38. The Morgan fingerprint density at radius 1 is 1.00 bits per heavy atom. The highest BCUT2D eigenvalue weighted by atomic mass is 35.5. The van der Waals surface area contributed by atoms with E-state index < -0.39 is 0 Å². The first-order chi connectivity index (χ1) is 9.22. The lowest BCUT2D eigenvalue weighted by Gasteiger charge is -2.19. The maximum absolute atomic E-state index is 6.28. The molecule has 110 valence electrons. The molecule has 20 heavy (non-hydrogen) atoms. The molecule has 2 aromatic rings. The van der Waals surface area contributed by atoms with Crippen LogP contribution in [0.25, 0.3) is 0 Å². The number of ether oxygens (including phenoxy) is 3. The Kier molecular flexibility index (Phi) is 6.13. The van der Waals surface area contributed by atoms with Crippen molar-refractivity contribution in [3.8, 4) is 17.2 Å². The van der Waals surface area contributed by atoms with E-state index in [1.165, 1.54) is 0 Å². The fourth-order valence-corrected chi connectivity index (χ4v) is 2.70. The van der Waals surface area contributed by atoms with E-state index in [0.29, 0.717) is 17.2 Å². The molecule has 1 atom stereocenters. The molecule has 0 saturated heterocycles. The minimum atomic E-state index is -0.249. The van der Waals surface area contributed by atoms with Crippen LogP contribution in [0.4, 0.5) is 0 Å². The standard InChI is InChI=1S/C14H17NO3S.ClH/c1-16-11-5-4-10(13(17-2)14(11)18-3)12(15)9-6-7-19-8-9;/h4-8,12H,15H2,1-3H3;1H/t12-;/m1./s1. The van der Waals surface area contributed by atoms with Crippen LogP contribution in [0.1, 0.15) is 17.2 Å². The summed E-state index contributed by atoms with van der Waals surface area (Å²) in [4.78, 5) is 0. The van der Waals surface area contributed by atoms with E-state index in [9.17, 15) is 0 Å². The Bertz CT molecular complexity index is 546. The number of rotatable bonds is 5. The van der Waals surface area contributed by atoms with E-state index in [0.717, 1.165) is 11.1 Å². The highest BCUT2D eigenvalue weighted by molar-refractivity contribution is 7.08. The van der Waals surface area contributed by atoms with Gasteiger partial charge in [-0.3, -0.25) is 0 Å². The van der Waals surface area contributed by atoms with Gasteiger partial charge in [-0.05, 0) is 34.5 Å². The number of hydrogen-bond acceptors (Lipinski definition) is 5. The Labute approximate surface area is 128 Å². The summed E-state index contributed by atoms with van der Waals surface area (Å²) in [6, 6.07) is 5.50. The highest BCUT2D eigenvalue weighted by Crippen LogP contribution is 2.42. The van der Waals surface area contributed by atoms with E-state index in [-0.39, 0.29) is 18.4 Å². The minimum Gasteiger partial charge on any atom is -0.493 e. The van der Waals surface area contributed by atoms with Crippen molar-refractivity contribution in [3.63, 3.8) is 0 Å². The molecule has 0 aliphatic rings. The Hall–Kier alpha value is -1.43. The molecule has 0 bridgehead atoms. The zero-order valence-electron chi connectivity index (χ0n) is 11.6. The van der Waals surface area contributed by atoms with E-state index in [2.05, 4.69) is 0 Å². The number of halogens is 1. The van der Waals surface area contributed by atoms with Crippen LogP contribution < -0.4 is 19.9 Å². The van der Waals surface area contributed by atoms with Gasteiger partial charge in [0, 0.05) is 5.56 Å². The molecule has 0 saturated carbocycles. The second-order valence-electron chi connectivity index (χ2n) is 3.96. The zero-order valence-corrected chi connectivity index (χ0v) is 13.2. The van der Waals surface area contributed by atoms with Crippen molar-refractivity contribution in [2.24, 2.45) is 5.73 Å². The predicted molar refractivity (Wildman–Crippen MR) is 83.7 cm³/mol.